The molecule has 2 N–H and O–H groups in total. The van der Waals surface area contributed by atoms with E-state index < -0.39 is 5.97 Å². The fourth-order valence-electron chi connectivity index (χ4n) is 3.18. The molecule has 1 saturated heterocycles. The van der Waals surface area contributed by atoms with Crippen LogP contribution in [0.3, 0.4) is 0 Å². The summed E-state index contributed by atoms with van der Waals surface area (Å²) in [4.78, 5) is 38.4. The summed E-state index contributed by atoms with van der Waals surface area (Å²) >= 11 is 1.64. The molecule has 3 rings (SSSR count). The van der Waals surface area contributed by atoms with Crippen molar-refractivity contribution in [2.45, 2.75) is 17.7 Å². The highest BCUT2D eigenvalue weighted by Gasteiger charge is 2.34. The fourth-order valence-corrected chi connectivity index (χ4v) is 3.59. The van der Waals surface area contributed by atoms with E-state index in [1.54, 1.807) is 40.9 Å². The summed E-state index contributed by atoms with van der Waals surface area (Å²) in [6.07, 6.45) is 2.81. The standard InChI is InChI=1S/C21H22N2O4S/c1-28-18-8-6-17(7-9-18)23-13-16(12-19(23)24)20(25)22-11-10-14-2-4-15(5-3-14)21(26)27/h2-9,16H,10-13H2,1H3,(H,22,25)(H,26,27). The lowest BCUT2D eigenvalue weighted by Gasteiger charge is -2.17. The first-order chi connectivity index (χ1) is 13.5. The van der Waals surface area contributed by atoms with E-state index in [-0.39, 0.29) is 29.7 Å². The molecule has 0 saturated carbocycles. The summed E-state index contributed by atoms with van der Waals surface area (Å²) in [7, 11) is 0. The van der Waals surface area contributed by atoms with E-state index in [1.807, 2.05) is 30.5 Å². The van der Waals surface area contributed by atoms with Crippen LogP contribution < -0.4 is 10.2 Å². The van der Waals surface area contributed by atoms with Crippen LogP contribution in [0.4, 0.5) is 5.69 Å². The second-order valence-electron chi connectivity index (χ2n) is 6.65. The van der Waals surface area contributed by atoms with E-state index in [2.05, 4.69) is 5.32 Å². The molecule has 0 aromatic heterocycles. The second-order valence-corrected chi connectivity index (χ2v) is 7.53. The number of carboxylic acid groups (broad SMARTS) is 1. The zero-order valence-corrected chi connectivity index (χ0v) is 16.4. The van der Waals surface area contributed by atoms with E-state index in [4.69, 9.17) is 5.11 Å². The lowest BCUT2D eigenvalue weighted by molar-refractivity contribution is -0.126. The summed E-state index contributed by atoms with van der Waals surface area (Å²) < 4.78 is 0. The normalized spacial score (nSPS) is 16.2. The Hall–Kier alpha value is -2.80. The van der Waals surface area contributed by atoms with Gasteiger partial charge in [0.15, 0.2) is 0 Å². The number of nitrogens with zero attached hydrogens (tertiary/aromatic N) is 1. The number of aromatic carboxylic acids is 1. The van der Waals surface area contributed by atoms with Gasteiger partial charge in [0.2, 0.25) is 11.8 Å². The number of benzene rings is 2. The van der Waals surface area contributed by atoms with Crippen molar-refractivity contribution in [3.63, 3.8) is 0 Å². The summed E-state index contributed by atoms with van der Waals surface area (Å²) in [6.45, 7) is 0.828. The van der Waals surface area contributed by atoms with Gasteiger partial charge in [-0.2, -0.15) is 0 Å². The average Bonchev–Trinajstić information content (AvgIpc) is 3.10. The van der Waals surface area contributed by atoms with Gasteiger partial charge in [-0.15, -0.1) is 11.8 Å². The Morgan fingerprint density at radius 3 is 2.43 bits per heavy atom. The number of carboxylic acids is 1. The minimum atomic E-state index is -0.960. The highest BCUT2D eigenvalue weighted by Crippen LogP contribution is 2.27. The van der Waals surface area contributed by atoms with Crippen LogP contribution in [0.2, 0.25) is 0 Å². The minimum Gasteiger partial charge on any atom is -0.478 e. The van der Waals surface area contributed by atoms with Crippen LogP contribution in [0.25, 0.3) is 0 Å². The predicted octanol–water partition coefficient (Wildman–Crippen LogP) is 2.82. The van der Waals surface area contributed by atoms with Crippen LogP contribution in [0.15, 0.2) is 53.4 Å². The van der Waals surface area contributed by atoms with Crippen molar-refractivity contribution < 1.29 is 19.5 Å². The molecule has 0 aliphatic carbocycles. The molecule has 2 aromatic rings. The molecular formula is C21H22N2O4S. The maximum Gasteiger partial charge on any atom is 0.335 e. The molecule has 28 heavy (non-hydrogen) atoms. The van der Waals surface area contributed by atoms with Gasteiger partial charge in [-0.05, 0) is 54.6 Å². The quantitative estimate of drug-likeness (QED) is 0.701. The van der Waals surface area contributed by atoms with Crippen molar-refractivity contribution in [2.24, 2.45) is 5.92 Å². The molecule has 0 bridgehead atoms. The van der Waals surface area contributed by atoms with Crippen LogP contribution in [-0.4, -0.2) is 42.2 Å². The highest BCUT2D eigenvalue weighted by molar-refractivity contribution is 7.98. The number of hydrogen-bond acceptors (Lipinski definition) is 4. The Morgan fingerprint density at radius 2 is 1.82 bits per heavy atom. The first kappa shape index (κ1) is 19.9. The number of nitrogens with one attached hydrogen (secondary N) is 1. The monoisotopic (exact) mass is 398 g/mol. The number of carbonyl (C=O) groups excluding carboxylic acids is 2. The van der Waals surface area contributed by atoms with Crippen molar-refractivity contribution in [1.29, 1.82) is 0 Å². The first-order valence-corrected chi connectivity index (χ1v) is 10.2. The second kappa shape index (κ2) is 8.93. The Morgan fingerprint density at radius 1 is 1.14 bits per heavy atom. The van der Waals surface area contributed by atoms with Crippen molar-refractivity contribution in [3.05, 3.63) is 59.7 Å². The van der Waals surface area contributed by atoms with Crippen molar-refractivity contribution in [3.8, 4) is 0 Å². The molecule has 1 atom stereocenters. The summed E-state index contributed by atoms with van der Waals surface area (Å²) in [5, 5.41) is 11.8. The number of rotatable bonds is 7. The lowest BCUT2D eigenvalue weighted by Crippen LogP contribution is -2.34. The Balaban J connectivity index is 1.50. The van der Waals surface area contributed by atoms with Crippen molar-refractivity contribution in [2.75, 3.05) is 24.2 Å². The maximum absolute atomic E-state index is 12.4. The van der Waals surface area contributed by atoms with Gasteiger partial charge in [0.05, 0.1) is 11.5 Å². The summed E-state index contributed by atoms with van der Waals surface area (Å²) in [5.74, 6) is -1.49. The molecule has 1 fully saturated rings. The van der Waals surface area contributed by atoms with Crippen LogP contribution in [0.1, 0.15) is 22.3 Å². The molecule has 0 spiro atoms. The molecule has 146 valence electrons. The maximum atomic E-state index is 12.4. The number of anilines is 1. The zero-order valence-electron chi connectivity index (χ0n) is 15.6. The Kier molecular flexibility index (Phi) is 6.36. The predicted molar refractivity (Wildman–Crippen MR) is 109 cm³/mol. The van der Waals surface area contributed by atoms with E-state index in [0.717, 1.165) is 16.1 Å². The van der Waals surface area contributed by atoms with Gasteiger partial charge in [-0.1, -0.05) is 12.1 Å². The fraction of sp³-hybridized carbons (Fsp3) is 0.286. The van der Waals surface area contributed by atoms with Gasteiger partial charge in [-0.25, -0.2) is 4.79 Å². The van der Waals surface area contributed by atoms with E-state index in [9.17, 15) is 14.4 Å². The SMILES string of the molecule is CSc1ccc(N2CC(C(=O)NCCc3ccc(C(=O)O)cc3)CC2=O)cc1. The zero-order chi connectivity index (χ0) is 20.1. The van der Waals surface area contributed by atoms with E-state index in [0.29, 0.717) is 19.5 Å². The molecule has 1 unspecified atom stereocenters. The topological polar surface area (TPSA) is 86.7 Å². The van der Waals surface area contributed by atoms with Gasteiger partial charge < -0.3 is 15.3 Å². The minimum absolute atomic E-state index is 0.0405. The van der Waals surface area contributed by atoms with Gasteiger partial charge in [0.1, 0.15) is 0 Å². The molecular weight excluding hydrogens is 376 g/mol. The third-order valence-electron chi connectivity index (χ3n) is 4.79. The highest BCUT2D eigenvalue weighted by atomic mass is 32.2. The molecule has 0 radical (unpaired) electrons. The molecule has 2 amide bonds. The Bertz CT molecular complexity index is 865. The summed E-state index contributed by atoms with van der Waals surface area (Å²) in [5.41, 5.74) is 2.00. The molecule has 1 heterocycles. The third kappa shape index (κ3) is 4.72. The average molecular weight is 398 g/mol. The van der Waals surface area contributed by atoms with Crippen LogP contribution in [0, 0.1) is 5.92 Å². The lowest BCUT2D eigenvalue weighted by atomic mass is 10.1. The molecule has 6 nitrogen and oxygen atoms in total. The van der Waals surface area contributed by atoms with Crippen molar-refractivity contribution >= 4 is 35.2 Å². The van der Waals surface area contributed by atoms with Crippen molar-refractivity contribution in [1.82, 2.24) is 5.32 Å². The molecule has 1 aliphatic rings. The molecule has 2 aromatic carbocycles. The van der Waals surface area contributed by atoms with Crippen LogP contribution >= 0.6 is 11.8 Å². The number of amides is 2. The largest absolute Gasteiger partial charge is 0.478 e. The molecule has 7 heteroatoms. The van der Waals surface area contributed by atoms with Crippen LogP contribution in [-0.2, 0) is 16.0 Å². The van der Waals surface area contributed by atoms with Gasteiger partial charge in [0, 0.05) is 30.1 Å². The molecule has 1 aliphatic heterocycles. The number of carbonyl (C=O) groups is 3. The van der Waals surface area contributed by atoms with Gasteiger partial charge in [0.25, 0.3) is 0 Å². The summed E-state index contributed by atoms with van der Waals surface area (Å²) in [6, 6.07) is 14.3. The third-order valence-corrected chi connectivity index (χ3v) is 5.54. The smallest absolute Gasteiger partial charge is 0.335 e. The van der Waals surface area contributed by atoms with Gasteiger partial charge in [-0.3, -0.25) is 9.59 Å². The first-order valence-electron chi connectivity index (χ1n) is 9.02. The van der Waals surface area contributed by atoms with Gasteiger partial charge >= 0.3 is 5.97 Å². The number of thioether (sulfide) groups is 1. The van der Waals surface area contributed by atoms with Crippen LogP contribution in [0.5, 0.6) is 0 Å². The van der Waals surface area contributed by atoms with E-state index in [1.165, 1.54) is 0 Å². The number of hydrogen-bond donors (Lipinski definition) is 2. The van der Waals surface area contributed by atoms with E-state index >= 15 is 0 Å². The Labute approximate surface area is 167 Å².